The molecule has 34 heavy (non-hydrogen) atoms. The van der Waals surface area contributed by atoms with Crippen molar-refractivity contribution < 1.29 is 23.9 Å². The number of nitriles is 1. The fourth-order valence-electron chi connectivity index (χ4n) is 3.92. The van der Waals surface area contributed by atoms with Crippen LogP contribution in [0, 0.1) is 17.2 Å². The minimum Gasteiger partial charge on any atom is -0.466 e. The number of carbonyl (C=O) groups is 3. The molecule has 1 aromatic carbocycles. The summed E-state index contributed by atoms with van der Waals surface area (Å²) in [6.07, 6.45) is 0. The molecular weight excluding hydrogens is 434 g/mol. The molecule has 8 nitrogen and oxygen atoms in total. The predicted molar refractivity (Wildman–Crippen MR) is 127 cm³/mol. The first kappa shape index (κ1) is 26.7. The molecule has 0 saturated heterocycles. The lowest BCUT2D eigenvalue weighted by atomic mass is 9.78. The van der Waals surface area contributed by atoms with E-state index >= 15 is 0 Å². The van der Waals surface area contributed by atoms with Crippen LogP contribution in [0.3, 0.4) is 0 Å². The molecule has 0 spiro atoms. The maximum atomic E-state index is 13.7. The Hall–Kier alpha value is -3.60. The first-order valence-electron chi connectivity index (χ1n) is 11.1. The largest absolute Gasteiger partial charge is 0.466 e. The predicted octanol–water partition coefficient (Wildman–Crippen LogP) is 3.45. The van der Waals surface area contributed by atoms with E-state index in [1.165, 1.54) is 7.11 Å². The lowest BCUT2D eigenvalue weighted by Gasteiger charge is -2.32. The van der Waals surface area contributed by atoms with E-state index in [2.05, 4.69) is 16.7 Å². The second-order valence-electron chi connectivity index (χ2n) is 9.55. The molecular formula is C26H33N3O5. The number of hydrogen-bond acceptors (Lipinski definition) is 7. The van der Waals surface area contributed by atoms with Gasteiger partial charge in [0.15, 0.2) is 0 Å². The quantitative estimate of drug-likeness (QED) is 0.615. The summed E-state index contributed by atoms with van der Waals surface area (Å²) in [6, 6.07) is 8.02. The molecule has 0 saturated carbocycles. The summed E-state index contributed by atoms with van der Waals surface area (Å²) < 4.78 is 10.5. The number of dihydropyridines is 1. The van der Waals surface area contributed by atoms with Crippen molar-refractivity contribution in [2.24, 2.45) is 5.92 Å². The second kappa shape index (κ2) is 10.6. The van der Waals surface area contributed by atoms with Crippen molar-refractivity contribution >= 4 is 17.8 Å². The molecule has 0 radical (unpaired) electrons. The number of ether oxygens (including phenoxy) is 2. The molecule has 1 heterocycles. The van der Waals surface area contributed by atoms with E-state index in [-0.39, 0.29) is 17.1 Å². The number of hydrogen-bond donors (Lipinski definition) is 2. The van der Waals surface area contributed by atoms with Gasteiger partial charge in [-0.05, 0) is 52.2 Å². The van der Waals surface area contributed by atoms with Crippen molar-refractivity contribution in [1.29, 1.82) is 5.26 Å². The molecule has 2 rings (SSSR count). The zero-order chi connectivity index (χ0) is 25.8. The Bertz CT molecular complexity index is 1090. The number of carbonyl (C=O) groups excluding carboxylic acids is 3. The summed E-state index contributed by atoms with van der Waals surface area (Å²) in [6.45, 7) is 12.3. The number of methoxy groups -OCH3 is 1. The van der Waals surface area contributed by atoms with Crippen molar-refractivity contribution in [3.05, 3.63) is 57.9 Å². The molecule has 1 aromatic rings. The number of nitrogens with zero attached hydrogens (tertiary/aromatic N) is 1. The van der Waals surface area contributed by atoms with E-state index in [0.717, 1.165) is 0 Å². The minimum absolute atomic E-state index is 0.222. The Morgan fingerprint density at radius 3 is 2.21 bits per heavy atom. The van der Waals surface area contributed by atoms with Crippen LogP contribution in [0.15, 0.2) is 46.8 Å². The van der Waals surface area contributed by atoms with Gasteiger partial charge in [0.05, 0.1) is 30.2 Å². The zero-order valence-electron chi connectivity index (χ0n) is 21.0. The van der Waals surface area contributed by atoms with Crippen LogP contribution >= 0.6 is 0 Å². The third-order valence-electron chi connectivity index (χ3n) is 5.42. The number of nitrogens with one attached hydrogen (secondary N) is 2. The van der Waals surface area contributed by atoms with Crippen LogP contribution in [0.5, 0.6) is 0 Å². The van der Waals surface area contributed by atoms with E-state index in [9.17, 15) is 19.6 Å². The molecule has 2 atom stereocenters. The monoisotopic (exact) mass is 467 g/mol. The topological polar surface area (TPSA) is 118 Å². The summed E-state index contributed by atoms with van der Waals surface area (Å²) >= 11 is 0. The molecule has 1 unspecified atom stereocenters. The highest BCUT2D eigenvalue weighted by molar-refractivity contribution is 6.03. The Kier molecular flexibility index (Phi) is 8.27. The molecule has 1 aliphatic rings. The third kappa shape index (κ3) is 5.84. The van der Waals surface area contributed by atoms with Crippen molar-refractivity contribution in [2.75, 3.05) is 7.11 Å². The molecule has 1 amide bonds. The van der Waals surface area contributed by atoms with E-state index in [0.29, 0.717) is 22.5 Å². The third-order valence-corrected chi connectivity index (χ3v) is 5.42. The highest BCUT2D eigenvalue weighted by Gasteiger charge is 2.39. The van der Waals surface area contributed by atoms with Gasteiger partial charge >= 0.3 is 11.9 Å². The van der Waals surface area contributed by atoms with E-state index < -0.39 is 35.4 Å². The molecule has 8 heteroatoms. The van der Waals surface area contributed by atoms with Gasteiger partial charge in [-0.3, -0.25) is 4.79 Å². The van der Waals surface area contributed by atoms with Crippen LogP contribution in [0.1, 0.15) is 65.5 Å². The molecule has 0 bridgehead atoms. The van der Waals surface area contributed by atoms with Gasteiger partial charge < -0.3 is 20.1 Å². The molecule has 182 valence electrons. The van der Waals surface area contributed by atoms with Crippen molar-refractivity contribution in [1.82, 2.24) is 10.6 Å². The Morgan fingerprint density at radius 2 is 1.68 bits per heavy atom. The lowest BCUT2D eigenvalue weighted by molar-refractivity contribution is -0.159. The molecule has 2 N–H and O–H groups in total. The van der Waals surface area contributed by atoms with Gasteiger partial charge in [-0.2, -0.15) is 5.26 Å². The Labute approximate surface area is 201 Å². The standard InChI is InChI=1S/C26H33N3O5/c1-14(2)22(25(32)34-26(5,6)7)29-23(30)19-15(3)28-16(4)20(24(31)33-8)21(19)18-12-10-9-11-17(18)13-27/h9-12,14,21-22,28H,1-8H3,(H,29,30)/t21?,22-/m0/s1. The average Bonchev–Trinajstić information content (AvgIpc) is 2.74. The van der Waals surface area contributed by atoms with Crippen molar-refractivity contribution in [3.63, 3.8) is 0 Å². The number of allylic oxidation sites excluding steroid dienone is 2. The maximum absolute atomic E-state index is 13.7. The van der Waals surface area contributed by atoms with Gasteiger partial charge in [-0.1, -0.05) is 32.0 Å². The Balaban J connectivity index is 2.61. The summed E-state index contributed by atoms with van der Waals surface area (Å²) in [5.74, 6) is -2.82. The number of rotatable bonds is 6. The highest BCUT2D eigenvalue weighted by atomic mass is 16.6. The van der Waals surface area contributed by atoms with Gasteiger partial charge in [0, 0.05) is 17.0 Å². The van der Waals surface area contributed by atoms with Crippen LogP contribution in [0.2, 0.25) is 0 Å². The van der Waals surface area contributed by atoms with Gasteiger partial charge in [-0.15, -0.1) is 0 Å². The van der Waals surface area contributed by atoms with E-state index in [1.54, 1.807) is 58.9 Å². The molecule has 0 aliphatic carbocycles. The van der Waals surface area contributed by atoms with Crippen LogP contribution in [-0.4, -0.2) is 36.6 Å². The summed E-state index contributed by atoms with van der Waals surface area (Å²) in [5, 5.41) is 15.6. The van der Waals surface area contributed by atoms with Gasteiger partial charge in [-0.25, -0.2) is 9.59 Å². The maximum Gasteiger partial charge on any atom is 0.336 e. The smallest absolute Gasteiger partial charge is 0.336 e. The molecule has 0 aromatic heterocycles. The van der Waals surface area contributed by atoms with Crippen molar-refractivity contribution in [3.8, 4) is 6.07 Å². The first-order valence-corrected chi connectivity index (χ1v) is 11.1. The van der Waals surface area contributed by atoms with Crippen LogP contribution < -0.4 is 10.6 Å². The fourth-order valence-corrected chi connectivity index (χ4v) is 3.92. The average molecular weight is 468 g/mol. The number of esters is 2. The van der Waals surface area contributed by atoms with Crippen LogP contribution in [0.25, 0.3) is 0 Å². The van der Waals surface area contributed by atoms with Crippen molar-refractivity contribution in [2.45, 2.75) is 66.0 Å². The molecule has 0 fully saturated rings. The van der Waals surface area contributed by atoms with Gasteiger partial charge in [0.2, 0.25) is 0 Å². The SMILES string of the molecule is COC(=O)C1=C(C)NC(C)=C(C(=O)N[C@H](C(=O)OC(C)(C)C)C(C)C)C1c1ccccc1C#N. The van der Waals surface area contributed by atoms with Crippen LogP contribution in [-0.2, 0) is 23.9 Å². The number of amides is 1. The molecule has 1 aliphatic heterocycles. The van der Waals surface area contributed by atoms with Gasteiger partial charge in [0.1, 0.15) is 11.6 Å². The lowest BCUT2D eigenvalue weighted by Crippen LogP contribution is -2.49. The Morgan fingerprint density at radius 1 is 1.09 bits per heavy atom. The normalized spacial score (nSPS) is 17.0. The van der Waals surface area contributed by atoms with Gasteiger partial charge in [0.25, 0.3) is 5.91 Å². The zero-order valence-corrected chi connectivity index (χ0v) is 21.0. The van der Waals surface area contributed by atoms with E-state index in [4.69, 9.17) is 9.47 Å². The van der Waals surface area contributed by atoms with E-state index in [1.807, 2.05) is 13.8 Å². The first-order chi connectivity index (χ1) is 15.8. The summed E-state index contributed by atoms with van der Waals surface area (Å²) in [4.78, 5) is 39.3. The number of benzene rings is 1. The summed E-state index contributed by atoms with van der Waals surface area (Å²) in [7, 11) is 1.26. The summed E-state index contributed by atoms with van der Waals surface area (Å²) in [5.41, 5.74) is 1.58. The fraction of sp³-hybridized carbons (Fsp3) is 0.462. The minimum atomic E-state index is -0.910. The second-order valence-corrected chi connectivity index (χ2v) is 9.55. The highest BCUT2D eigenvalue weighted by Crippen LogP contribution is 2.40. The van der Waals surface area contributed by atoms with Crippen LogP contribution in [0.4, 0.5) is 0 Å².